The number of hydrogen-bond donors (Lipinski definition) is 1. The fraction of sp³-hybridized carbons (Fsp3) is 0.158. The molecule has 0 aliphatic carbocycles. The molecular weight excluding hydrogens is 274 g/mol. The Balaban J connectivity index is 2.43. The zero-order valence-electron chi connectivity index (χ0n) is 12.6. The molecule has 112 valence electrons. The molecule has 1 aromatic carbocycles. The van der Waals surface area contributed by atoms with E-state index >= 15 is 0 Å². The van der Waals surface area contributed by atoms with Crippen molar-refractivity contribution in [2.24, 2.45) is 0 Å². The summed E-state index contributed by atoms with van der Waals surface area (Å²) in [6.07, 6.45) is 2.90. The number of nitrogens with one attached hydrogen (secondary N) is 1. The highest BCUT2D eigenvalue weighted by molar-refractivity contribution is 6.07. The normalized spacial score (nSPS) is 9.86. The third kappa shape index (κ3) is 4.16. The first-order valence-electron chi connectivity index (χ1n) is 7.37. The van der Waals surface area contributed by atoms with Crippen LogP contribution in [0.25, 0.3) is 0 Å². The first-order chi connectivity index (χ1) is 10.7. The van der Waals surface area contributed by atoms with Gasteiger partial charge in [-0.25, -0.2) is 0 Å². The number of ketones is 2. The lowest BCUT2D eigenvalue weighted by Crippen LogP contribution is -2.03. The Kier molecular flexibility index (Phi) is 5.66. The van der Waals surface area contributed by atoms with E-state index in [1.54, 1.807) is 48.7 Å². The quantitative estimate of drug-likeness (QED) is 0.833. The van der Waals surface area contributed by atoms with Gasteiger partial charge >= 0.3 is 0 Å². The fourth-order valence-electron chi connectivity index (χ4n) is 2.06. The van der Waals surface area contributed by atoms with Gasteiger partial charge in [-0.05, 0) is 18.6 Å². The number of H-pyrrole nitrogens is 1. The van der Waals surface area contributed by atoms with Crippen molar-refractivity contribution < 1.29 is 9.59 Å². The van der Waals surface area contributed by atoms with Gasteiger partial charge in [-0.2, -0.15) is 0 Å². The molecule has 0 aliphatic rings. The molecule has 0 bridgehead atoms. The first kappa shape index (κ1) is 15.7. The number of hydrogen-bond acceptors (Lipinski definition) is 2. The van der Waals surface area contributed by atoms with E-state index in [2.05, 4.69) is 4.98 Å². The first-order valence-corrected chi connectivity index (χ1v) is 7.37. The van der Waals surface area contributed by atoms with Crippen LogP contribution >= 0.6 is 0 Å². The van der Waals surface area contributed by atoms with Gasteiger partial charge < -0.3 is 4.98 Å². The maximum atomic E-state index is 12.5. The maximum absolute atomic E-state index is 12.5. The average molecular weight is 293 g/mol. The molecule has 0 amide bonds. The van der Waals surface area contributed by atoms with Crippen LogP contribution in [0.3, 0.4) is 0 Å². The van der Waals surface area contributed by atoms with Crippen LogP contribution in [0, 0.1) is 0 Å². The van der Waals surface area contributed by atoms with Gasteiger partial charge in [-0.3, -0.25) is 9.59 Å². The Morgan fingerprint density at radius 3 is 2.09 bits per heavy atom. The van der Waals surface area contributed by atoms with E-state index in [1.165, 1.54) is 0 Å². The summed E-state index contributed by atoms with van der Waals surface area (Å²) in [4.78, 5) is 27.5. The van der Waals surface area contributed by atoms with Crippen molar-refractivity contribution >= 4 is 11.6 Å². The molecule has 22 heavy (non-hydrogen) atoms. The molecular formula is C19H19NO2. The molecule has 0 saturated heterocycles. The van der Waals surface area contributed by atoms with Gasteiger partial charge in [0, 0.05) is 23.7 Å². The predicted octanol–water partition coefficient (Wildman–Crippen LogP) is 4.35. The lowest BCUT2D eigenvalue weighted by atomic mass is 10.1. The van der Waals surface area contributed by atoms with Crippen LogP contribution in [-0.4, -0.2) is 16.6 Å². The zero-order valence-corrected chi connectivity index (χ0v) is 12.6. The Morgan fingerprint density at radius 1 is 0.864 bits per heavy atom. The number of aromatic nitrogens is 1. The highest BCUT2D eigenvalue weighted by Crippen LogP contribution is 2.07. The Hall–Kier alpha value is -2.68. The molecule has 1 aromatic heterocycles. The minimum Gasteiger partial charge on any atom is -0.358 e. The second-order valence-corrected chi connectivity index (χ2v) is 4.94. The molecule has 3 heteroatoms. The minimum absolute atomic E-state index is 0.0630. The number of benzene rings is 1. The van der Waals surface area contributed by atoms with Crippen molar-refractivity contribution in [2.75, 3.05) is 0 Å². The third-order valence-electron chi connectivity index (χ3n) is 3.22. The Morgan fingerprint density at radius 2 is 1.45 bits per heavy atom. The standard InChI is InChI=1S/C19H19NO2/c1-2-9-18(21)16-12-7-4-8-13-17(20-14-16)19(22)15-10-5-3-6-11-15/h3-8,10-14,20H,2,9H2,1H3. The molecule has 0 spiro atoms. The molecule has 3 nitrogen and oxygen atoms in total. The molecule has 0 atom stereocenters. The molecule has 0 fully saturated rings. The molecule has 0 unspecified atom stereocenters. The van der Waals surface area contributed by atoms with Crippen LogP contribution < -0.4 is 0 Å². The highest BCUT2D eigenvalue weighted by Gasteiger charge is 2.08. The van der Waals surface area contributed by atoms with Crippen LogP contribution in [-0.2, 0) is 0 Å². The summed E-state index contributed by atoms with van der Waals surface area (Å²) < 4.78 is 0. The Bertz CT molecular complexity index is 700. The maximum Gasteiger partial charge on any atom is 0.209 e. The van der Waals surface area contributed by atoms with Crippen molar-refractivity contribution in [2.45, 2.75) is 19.8 Å². The van der Waals surface area contributed by atoms with E-state index < -0.39 is 0 Å². The SMILES string of the molecule is CCCC(=O)c1cccccc(C(=O)c2ccccc2)[nH]c1. The van der Waals surface area contributed by atoms with Gasteiger partial charge in [-0.1, -0.05) is 55.5 Å². The van der Waals surface area contributed by atoms with Crippen LogP contribution in [0.15, 0.2) is 66.9 Å². The number of carbonyl (C=O) groups excluding carboxylic acids is 2. The second-order valence-electron chi connectivity index (χ2n) is 4.94. The summed E-state index contributed by atoms with van der Waals surface area (Å²) in [5, 5.41) is 0. The van der Waals surface area contributed by atoms with Gasteiger partial charge in [-0.15, -0.1) is 0 Å². The van der Waals surface area contributed by atoms with Crippen LogP contribution in [0.5, 0.6) is 0 Å². The van der Waals surface area contributed by atoms with E-state index in [9.17, 15) is 9.59 Å². The van der Waals surface area contributed by atoms with Crippen molar-refractivity contribution in [1.29, 1.82) is 0 Å². The predicted molar refractivity (Wildman–Crippen MR) is 87.5 cm³/mol. The lowest BCUT2D eigenvalue weighted by Gasteiger charge is -2.00. The average Bonchev–Trinajstić information content (AvgIpc) is 2.67. The topological polar surface area (TPSA) is 49.9 Å². The molecule has 2 aromatic rings. The summed E-state index contributed by atoms with van der Waals surface area (Å²) in [6.45, 7) is 1.97. The van der Waals surface area contributed by atoms with Gasteiger partial charge in [0.2, 0.25) is 5.78 Å². The fourth-order valence-corrected chi connectivity index (χ4v) is 2.06. The van der Waals surface area contributed by atoms with Crippen molar-refractivity contribution in [3.05, 3.63) is 83.7 Å². The smallest absolute Gasteiger partial charge is 0.209 e. The van der Waals surface area contributed by atoms with Crippen molar-refractivity contribution in [3.8, 4) is 0 Å². The minimum atomic E-state index is -0.106. The summed E-state index contributed by atoms with van der Waals surface area (Å²) in [5.74, 6) is -0.0428. The van der Waals surface area contributed by atoms with Crippen molar-refractivity contribution in [3.63, 3.8) is 0 Å². The number of rotatable bonds is 5. The second kappa shape index (κ2) is 7.93. The summed E-state index contributed by atoms with van der Waals surface area (Å²) >= 11 is 0. The largest absolute Gasteiger partial charge is 0.358 e. The van der Waals surface area contributed by atoms with Gasteiger partial charge in [0.1, 0.15) is 0 Å². The molecule has 2 rings (SSSR count). The number of aromatic amines is 1. The Labute approximate surface area is 130 Å². The van der Waals surface area contributed by atoms with Crippen LogP contribution in [0.1, 0.15) is 46.2 Å². The molecule has 0 radical (unpaired) electrons. The highest BCUT2D eigenvalue weighted by atomic mass is 16.1. The van der Waals surface area contributed by atoms with E-state index in [1.807, 2.05) is 25.1 Å². The summed E-state index contributed by atoms with van der Waals surface area (Å²) in [6, 6.07) is 17.9. The van der Waals surface area contributed by atoms with E-state index in [0.717, 1.165) is 6.42 Å². The van der Waals surface area contributed by atoms with Crippen molar-refractivity contribution in [1.82, 2.24) is 4.98 Å². The summed E-state index contributed by atoms with van der Waals surface area (Å²) in [7, 11) is 0. The monoisotopic (exact) mass is 293 g/mol. The van der Waals surface area contributed by atoms with E-state index in [-0.39, 0.29) is 11.6 Å². The van der Waals surface area contributed by atoms with Crippen LogP contribution in [0.4, 0.5) is 0 Å². The third-order valence-corrected chi connectivity index (χ3v) is 3.22. The van der Waals surface area contributed by atoms with Crippen LogP contribution in [0.2, 0.25) is 0 Å². The number of carbonyl (C=O) groups is 2. The van der Waals surface area contributed by atoms with Gasteiger partial charge in [0.15, 0.2) is 5.78 Å². The van der Waals surface area contributed by atoms with E-state index in [0.29, 0.717) is 23.2 Å². The molecule has 1 N–H and O–H groups in total. The van der Waals surface area contributed by atoms with Gasteiger partial charge in [0.05, 0.1) is 5.69 Å². The van der Waals surface area contributed by atoms with Gasteiger partial charge in [0.25, 0.3) is 0 Å². The molecule has 0 aliphatic heterocycles. The summed E-state index contributed by atoms with van der Waals surface area (Å²) in [5.41, 5.74) is 1.62. The number of Topliss-reactive ketones (excluding diaryl/α,β-unsaturated/α-hetero) is 1. The van der Waals surface area contributed by atoms with E-state index in [4.69, 9.17) is 0 Å². The lowest BCUT2D eigenvalue weighted by molar-refractivity contribution is 0.0979. The molecule has 0 saturated carbocycles. The molecule has 1 heterocycles. The zero-order chi connectivity index (χ0) is 15.8.